The van der Waals surface area contributed by atoms with Crippen molar-refractivity contribution in [3.05, 3.63) is 58.6 Å². The summed E-state index contributed by atoms with van der Waals surface area (Å²) in [5.74, 6) is 0.268. The zero-order chi connectivity index (χ0) is 15.0. The minimum atomic E-state index is -0.448. The molecule has 0 aliphatic carbocycles. The Labute approximate surface area is 130 Å². The Morgan fingerprint density at radius 3 is 2.71 bits per heavy atom. The van der Waals surface area contributed by atoms with Crippen LogP contribution in [0.4, 0.5) is 4.39 Å². The maximum atomic E-state index is 13.6. The van der Waals surface area contributed by atoms with Crippen LogP contribution in [0.15, 0.2) is 36.4 Å². The highest BCUT2D eigenvalue weighted by atomic mass is 35.5. The number of fused-ring (bicyclic) bond motifs is 1. The van der Waals surface area contributed by atoms with Crippen molar-refractivity contribution >= 4 is 34.2 Å². The Bertz CT molecular complexity index is 860. The van der Waals surface area contributed by atoms with Gasteiger partial charge in [-0.25, -0.2) is 9.37 Å². The molecule has 2 aromatic carbocycles. The van der Waals surface area contributed by atoms with Crippen LogP contribution < -0.4 is 0 Å². The van der Waals surface area contributed by atoms with Gasteiger partial charge in [0.2, 0.25) is 0 Å². The number of aromatic nitrogens is 2. The van der Waals surface area contributed by atoms with Gasteiger partial charge in [-0.15, -0.1) is 11.6 Å². The molecule has 0 saturated carbocycles. The van der Waals surface area contributed by atoms with E-state index in [0.29, 0.717) is 28.1 Å². The fraction of sp³-hybridized carbons (Fsp3) is 0.0667. The lowest BCUT2D eigenvalue weighted by atomic mass is 10.2. The van der Waals surface area contributed by atoms with Crippen LogP contribution >= 0.6 is 23.2 Å². The molecule has 1 aromatic heterocycles. The van der Waals surface area contributed by atoms with Crippen molar-refractivity contribution in [3.63, 3.8) is 0 Å². The molecule has 0 saturated heterocycles. The third-order valence-electron chi connectivity index (χ3n) is 3.08. The monoisotopic (exact) mass is 319 g/mol. The summed E-state index contributed by atoms with van der Waals surface area (Å²) in [6, 6.07) is 11.4. The Morgan fingerprint density at radius 2 is 2.05 bits per heavy atom. The zero-order valence-corrected chi connectivity index (χ0v) is 12.2. The zero-order valence-electron chi connectivity index (χ0n) is 10.6. The molecule has 0 amide bonds. The molecule has 0 aliphatic heterocycles. The molecule has 21 heavy (non-hydrogen) atoms. The molecule has 0 aliphatic rings. The standard InChI is InChI=1S/C15H8Cl2FN3/c16-7-15-20-13-2-1-9(8-19)3-14(13)21(15)12-5-10(17)4-11(18)6-12/h1-6H,7H2. The van der Waals surface area contributed by atoms with E-state index in [1.54, 1.807) is 28.8 Å². The number of rotatable bonds is 2. The van der Waals surface area contributed by atoms with Crippen LogP contribution in [0, 0.1) is 17.1 Å². The van der Waals surface area contributed by atoms with E-state index in [9.17, 15) is 4.39 Å². The average molecular weight is 320 g/mol. The molecule has 3 aromatic rings. The van der Waals surface area contributed by atoms with Crippen molar-refractivity contribution in [1.29, 1.82) is 5.26 Å². The third kappa shape index (κ3) is 2.46. The second-order valence-corrected chi connectivity index (χ2v) is 5.14. The van der Waals surface area contributed by atoms with Gasteiger partial charge in [-0.05, 0) is 36.4 Å². The summed E-state index contributed by atoms with van der Waals surface area (Å²) in [7, 11) is 0. The molecular formula is C15H8Cl2FN3. The number of alkyl halides is 1. The van der Waals surface area contributed by atoms with Gasteiger partial charge in [0.15, 0.2) is 0 Å². The summed E-state index contributed by atoms with van der Waals surface area (Å²) in [5, 5.41) is 9.31. The minimum absolute atomic E-state index is 0.157. The van der Waals surface area contributed by atoms with Crippen molar-refractivity contribution < 1.29 is 4.39 Å². The van der Waals surface area contributed by atoms with Crippen molar-refractivity contribution in [1.82, 2.24) is 9.55 Å². The first-order chi connectivity index (χ1) is 10.1. The highest BCUT2D eigenvalue weighted by Crippen LogP contribution is 2.26. The molecule has 0 unspecified atom stereocenters. The number of hydrogen-bond donors (Lipinski definition) is 0. The smallest absolute Gasteiger partial charge is 0.129 e. The first-order valence-corrected chi connectivity index (χ1v) is 6.97. The highest BCUT2D eigenvalue weighted by molar-refractivity contribution is 6.30. The summed E-state index contributed by atoms with van der Waals surface area (Å²) >= 11 is 11.8. The Balaban J connectivity index is 2.36. The Hall–Kier alpha value is -2.09. The molecule has 104 valence electrons. The number of hydrogen-bond acceptors (Lipinski definition) is 2. The fourth-order valence-corrected chi connectivity index (χ4v) is 2.64. The Morgan fingerprint density at radius 1 is 1.24 bits per heavy atom. The van der Waals surface area contributed by atoms with Crippen LogP contribution in [0.2, 0.25) is 5.02 Å². The molecule has 0 bridgehead atoms. The van der Waals surface area contributed by atoms with Crippen molar-refractivity contribution in [2.75, 3.05) is 0 Å². The van der Waals surface area contributed by atoms with Gasteiger partial charge in [0.25, 0.3) is 0 Å². The molecule has 6 heteroatoms. The number of benzene rings is 2. The maximum absolute atomic E-state index is 13.6. The van der Waals surface area contributed by atoms with Crippen molar-refractivity contribution in [2.24, 2.45) is 0 Å². The molecule has 0 radical (unpaired) electrons. The number of nitriles is 1. The number of imidazole rings is 1. The lowest BCUT2D eigenvalue weighted by Crippen LogP contribution is -2.00. The first-order valence-electron chi connectivity index (χ1n) is 6.06. The van der Waals surface area contributed by atoms with E-state index in [2.05, 4.69) is 11.1 Å². The van der Waals surface area contributed by atoms with Gasteiger partial charge < -0.3 is 0 Å². The van der Waals surface area contributed by atoms with Gasteiger partial charge in [-0.2, -0.15) is 5.26 Å². The quantitative estimate of drug-likeness (QED) is 0.656. The summed E-state index contributed by atoms with van der Waals surface area (Å²) in [4.78, 5) is 4.40. The van der Waals surface area contributed by atoms with Gasteiger partial charge >= 0.3 is 0 Å². The van der Waals surface area contributed by atoms with Crippen molar-refractivity contribution in [3.8, 4) is 11.8 Å². The van der Waals surface area contributed by atoms with Gasteiger partial charge in [-0.1, -0.05) is 11.6 Å². The predicted molar refractivity (Wildman–Crippen MR) is 80.3 cm³/mol. The van der Waals surface area contributed by atoms with Crippen LogP contribution in [0.3, 0.4) is 0 Å². The van der Waals surface area contributed by atoms with E-state index in [1.807, 2.05) is 0 Å². The van der Waals surface area contributed by atoms with E-state index in [4.69, 9.17) is 28.5 Å². The second-order valence-electron chi connectivity index (χ2n) is 4.44. The molecule has 0 atom stereocenters. The summed E-state index contributed by atoms with van der Waals surface area (Å²) in [5.41, 5.74) is 2.39. The maximum Gasteiger partial charge on any atom is 0.129 e. The molecule has 0 N–H and O–H groups in total. The first kappa shape index (κ1) is 13.9. The van der Waals surface area contributed by atoms with Gasteiger partial charge in [0.1, 0.15) is 11.6 Å². The van der Waals surface area contributed by atoms with E-state index in [0.717, 1.165) is 0 Å². The van der Waals surface area contributed by atoms with Gasteiger partial charge in [0, 0.05) is 5.02 Å². The molecule has 0 spiro atoms. The fourth-order valence-electron chi connectivity index (χ4n) is 2.24. The molecule has 1 heterocycles. The molecule has 3 nitrogen and oxygen atoms in total. The average Bonchev–Trinajstić information content (AvgIpc) is 2.83. The second kappa shape index (κ2) is 5.36. The summed E-state index contributed by atoms with van der Waals surface area (Å²) < 4.78 is 15.3. The predicted octanol–water partition coefficient (Wildman–Crippen LogP) is 4.43. The largest absolute Gasteiger partial charge is 0.295 e. The molecule has 0 fully saturated rings. The summed E-state index contributed by atoms with van der Waals surface area (Å²) in [6.45, 7) is 0. The van der Waals surface area contributed by atoms with Crippen LogP contribution in [0.1, 0.15) is 11.4 Å². The highest BCUT2D eigenvalue weighted by Gasteiger charge is 2.13. The normalized spacial score (nSPS) is 10.8. The van der Waals surface area contributed by atoms with E-state index in [-0.39, 0.29) is 10.9 Å². The van der Waals surface area contributed by atoms with Gasteiger partial charge in [0.05, 0.1) is 34.2 Å². The number of nitrogens with zero attached hydrogens (tertiary/aromatic N) is 3. The topological polar surface area (TPSA) is 41.6 Å². The van der Waals surface area contributed by atoms with Crippen LogP contribution in [-0.2, 0) is 5.88 Å². The van der Waals surface area contributed by atoms with Crippen LogP contribution in [0.25, 0.3) is 16.7 Å². The molecular weight excluding hydrogens is 312 g/mol. The van der Waals surface area contributed by atoms with Crippen LogP contribution in [-0.4, -0.2) is 9.55 Å². The SMILES string of the molecule is N#Cc1ccc2nc(CCl)n(-c3cc(F)cc(Cl)c3)c2c1. The molecule has 3 rings (SSSR count). The van der Waals surface area contributed by atoms with Gasteiger partial charge in [-0.3, -0.25) is 4.57 Å². The summed E-state index contributed by atoms with van der Waals surface area (Å²) in [6.07, 6.45) is 0. The lowest BCUT2D eigenvalue weighted by molar-refractivity contribution is 0.626. The third-order valence-corrected chi connectivity index (χ3v) is 3.54. The number of halogens is 3. The minimum Gasteiger partial charge on any atom is -0.295 e. The van der Waals surface area contributed by atoms with Crippen LogP contribution in [0.5, 0.6) is 0 Å². The van der Waals surface area contributed by atoms with E-state index in [1.165, 1.54) is 12.1 Å². The lowest BCUT2D eigenvalue weighted by Gasteiger charge is -2.08. The Kier molecular flexibility index (Phi) is 3.54. The van der Waals surface area contributed by atoms with Crippen molar-refractivity contribution in [2.45, 2.75) is 5.88 Å². The van der Waals surface area contributed by atoms with E-state index >= 15 is 0 Å². The van der Waals surface area contributed by atoms with E-state index < -0.39 is 5.82 Å².